The zero-order chi connectivity index (χ0) is 20.5. The van der Waals surface area contributed by atoms with Crippen LogP contribution in [-0.4, -0.2) is 30.4 Å². The number of rotatable bonds is 5. The SMILES string of the molecule is COc1ccc(C2CC(C(F)F)n3nc(-c4ccc(Cl)cc4)cc3N2)cc1OC. The molecule has 1 aliphatic rings. The van der Waals surface area contributed by atoms with Gasteiger partial charge in [0, 0.05) is 16.7 Å². The molecule has 1 N–H and O–H groups in total. The fourth-order valence-corrected chi connectivity index (χ4v) is 3.72. The van der Waals surface area contributed by atoms with Gasteiger partial charge in [0.25, 0.3) is 6.43 Å². The van der Waals surface area contributed by atoms with Crippen LogP contribution in [0.4, 0.5) is 14.6 Å². The van der Waals surface area contributed by atoms with Gasteiger partial charge in [-0.2, -0.15) is 5.10 Å². The van der Waals surface area contributed by atoms with Gasteiger partial charge in [-0.3, -0.25) is 0 Å². The monoisotopic (exact) mass is 419 g/mol. The van der Waals surface area contributed by atoms with E-state index in [4.69, 9.17) is 21.1 Å². The molecule has 0 spiro atoms. The second kappa shape index (κ2) is 7.91. The van der Waals surface area contributed by atoms with E-state index in [2.05, 4.69) is 10.4 Å². The first kappa shape index (κ1) is 19.5. The van der Waals surface area contributed by atoms with E-state index in [1.165, 1.54) is 4.68 Å². The number of aromatic nitrogens is 2. The molecule has 1 aliphatic heterocycles. The van der Waals surface area contributed by atoms with Crippen LogP contribution in [0.2, 0.25) is 5.02 Å². The maximum absolute atomic E-state index is 13.9. The van der Waals surface area contributed by atoms with E-state index >= 15 is 0 Å². The molecule has 2 atom stereocenters. The van der Waals surface area contributed by atoms with Gasteiger partial charge in [0.05, 0.1) is 26.0 Å². The molecular weight excluding hydrogens is 400 g/mol. The summed E-state index contributed by atoms with van der Waals surface area (Å²) in [6.45, 7) is 0. The lowest BCUT2D eigenvalue weighted by Crippen LogP contribution is -2.30. The predicted molar refractivity (Wildman–Crippen MR) is 108 cm³/mol. The Kier molecular flexibility index (Phi) is 5.32. The second-order valence-corrected chi connectivity index (χ2v) is 7.25. The minimum atomic E-state index is -2.54. The summed E-state index contributed by atoms with van der Waals surface area (Å²) in [7, 11) is 3.10. The molecule has 0 aliphatic carbocycles. The molecular formula is C21H20ClF2N3O2. The minimum Gasteiger partial charge on any atom is -0.493 e. The van der Waals surface area contributed by atoms with Crippen LogP contribution in [0.5, 0.6) is 11.5 Å². The number of hydrogen-bond donors (Lipinski definition) is 1. The van der Waals surface area contributed by atoms with Crippen LogP contribution in [0.15, 0.2) is 48.5 Å². The van der Waals surface area contributed by atoms with Gasteiger partial charge in [-0.1, -0.05) is 29.8 Å². The largest absolute Gasteiger partial charge is 0.493 e. The quantitative estimate of drug-likeness (QED) is 0.586. The molecule has 0 saturated carbocycles. The Morgan fingerprint density at radius 1 is 1.07 bits per heavy atom. The van der Waals surface area contributed by atoms with Gasteiger partial charge in [-0.05, 0) is 36.2 Å². The van der Waals surface area contributed by atoms with Crippen LogP contribution in [0.3, 0.4) is 0 Å². The number of hydrogen-bond acceptors (Lipinski definition) is 4. The number of benzene rings is 2. The van der Waals surface area contributed by atoms with Gasteiger partial charge in [0.2, 0.25) is 0 Å². The summed E-state index contributed by atoms with van der Waals surface area (Å²) in [4.78, 5) is 0. The standard InChI is InChI=1S/C21H20ClF2N3O2/c1-28-18-8-5-13(9-19(18)29-2)15-10-17(21(23)24)27-20(25-15)11-16(26-27)12-3-6-14(22)7-4-12/h3-9,11,15,17,21,25H,10H2,1-2H3. The number of alkyl halides is 2. The first-order chi connectivity index (χ1) is 14.0. The van der Waals surface area contributed by atoms with Crippen LogP contribution >= 0.6 is 11.6 Å². The molecule has 5 nitrogen and oxygen atoms in total. The third-order valence-corrected chi connectivity index (χ3v) is 5.34. The van der Waals surface area contributed by atoms with E-state index < -0.39 is 12.5 Å². The molecule has 1 aromatic heterocycles. The lowest BCUT2D eigenvalue weighted by atomic mass is 9.97. The highest BCUT2D eigenvalue weighted by Crippen LogP contribution is 2.41. The van der Waals surface area contributed by atoms with E-state index in [9.17, 15) is 8.78 Å². The maximum atomic E-state index is 13.9. The Morgan fingerprint density at radius 3 is 2.45 bits per heavy atom. The summed E-state index contributed by atoms with van der Waals surface area (Å²) in [5.41, 5.74) is 2.27. The van der Waals surface area contributed by atoms with Crippen LogP contribution in [-0.2, 0) is 0 Å². The Hall–Kier alpha value is -2.80. The molecule has 29 heavy (non-hydrogen) atoms. The summed E-state index contributed by atoms with van der Waals surface area (Å²) >= 11 is 5.94. The number of methoxy groups -OCH3 is 2. The van der Waals surface area contributed by atoms with E-state index in [0.717, 1.165) is 11.1 Å². The molecule has 0 amide bonds. The van der Waals surface area contributed by atoms with Crippen molar-refractivity contribution >= 4 is 17.4 Å². The second-order valence-electron chi connectivity index (χ2n) is 6.82. The molecule has 152 valence electrons. The summed E-state index contributed by atoms with van der Waals surface area (Å²) in [6, 6.07) is 13.0. The Labute approximate surface area is 172 Å². The van der Waals surface area contributed by atoms with E-state index in [1.54, 1.807) is 38.5 Å². The first-order valence-electron chi connectivity index (χ1n) is 9.12. The van der Waals surface area contributed by atoms with Crippen molar-refractivity contribution in [3.05, 3.63) is 59.1 Å². The molecule has 2 unspecified atom stereocenters. The van der Waals surface area contributed by atoms with Crippen LogP contribution < -0.4 is 14.8 Å². The van der Waals surface area contributed by atoms with Crippen molar-refractivity contribution in [2.24, 2.45) is 0 Å². The molecule has 3 aromatic rings. The number of anilines is 1. The van der Waals surface area contributed by atoms with Crippen molar-refractivity contribution in [1.82, 2.24) is 9.78 Å². The average Bonchev–Trinajstić information content (AvgIpc) is 3.16. The van der Waals surface area contributed by atoms with E-state index in [0.29, 0.717) is 28.0 Å². The van der Waals surface area contributed by atoms with Gasteiger partial charge >= 0.3 is 0 Å². The van der Waals surface area contributed by atoms with Crippen molar-refractivity contribution in [3.63, 3.8) is 0 Å². The number of ether oxygens (including phenoxy) is 2. The lowest BCUT2D eigenvalue weighted by Gasteiger charge is -2.32. The maximum Gasteiger partial charge on any atom is 0.260 e. The Morgan fingerprint density at radius 2 is 1.79 bits per heavy atom. The fraction of sp³-hybridized carbons (Fsp3) is 0.286. The number of nitrogens with one attached hydrogen (secondary N) is 1. The Bertz CT molecular complexity index is 1010. The number of nitrogens with zero attached hydrogens (tertiary/aromatic N) is 2. The highest BCUT2D eigenvalue weighted by Gasteiger charge is 2.35. The molecule has 4 rings (SSSR count). The number of halogens is 3. The molecule has 2 aromatic carbocycles. The molecule has 0 fully saturated rings. The van der Waals surface area contributed by atoms with Gasteiger partial charge in [0.1, 0.15) is 11.9 Å². The molecule has 0 saturated heterocycles. The highest BCUT2D eigenvalue weighted by atomic mass is 35.5. The highest BCUT2D eigenvalue weighted by molar-refractivity contribution is 6.30. The summed E-state index contributed by atoms with van der Waals surface area (Å²) in [5.74, 6) is 1.69. The van der Waals surface area contributed by atoms with Crippen molar-refractivity contribution in [2.75, 3.05) is 19.5 Å². The van der Waals surface area contributed by atoms with Gasteiger partial charge in [-0.25, -0.2) is 13.5 Å². The smallest absolute Gasteiger partial charge is 0.260 e. The lowest BCUT2D eigenvalue weighted by molar-refractivity contribution is 0.0659. The topological polar surface area (TPSA) is 48.3 Å². The first-order valence-corrected chi connectivity index (χ1v) is 9.50. The van der Waals surface area contributed by atoms with Crippen molar-refractivity contribution < 1.29 is 18.3 Å². The Balaban J connectivity index is 1.70. The zero-order valence-corrected chi connectivity index (χ0v) is 16.7. The summed E-state index contributed by atoms with van der Waals surface area (Å²) in [6.07, 6.45) is -2.35. The van der Waals surface area contributed by atoms with E-state index in [-0.39, 0.29) is 12.5 Å². The zero-order valence-electron chi connectivity index (χ0n) is 15.9. The molecule has 2 heterocycles. The van der Waals surface area contributed by atoms with Gasteiger partial charge in [0.15, 0.2) is 11.5 Å². The average molecular weight is 420 g/mol. The van der Waals surface area contributed by atoms with Gasteiger partial charge in [-0.15, -0.1) is 0 Å². The molecule has 0 radical (unpaired) electrons. The van der Waals surface area contributed by atoms with E-state index in [1.807, 2.05) is 24.3 Å². The third-order valence-electron chi connectivity index (χ3n) is 5.09. The summed E-state index contributed by atoms with van der Waals surface area (Å²) < 4.78 is 39.7. The van der Waals surface area contributed by atoms with Crippen LogP contribution in [0, 0.1) is 0 Å². The summed E-state index contributed by atoms with van der Waals surface area (Å²) in [5, 5.41) is 8.37. The molecule has 0 bridgehead atoms. The van der Waals surface area contributed by atoms with Crippen LogP contribution in [0.1, 0.15) is 24.1 Å². The third kappa shape index (κ3) is 3.74. The molecule has 8 heteroatoms. The van der Waals surface area contributed by atoms with Crippen molar-refractivity contribution in [3.8, 4) is 22.8 Å². The predicted octanol–water partition coefficient (Wildman–Crippen LogP) is 5.58. The van der Waals surface area contributed by atoms with Crippen molar-refractivity contribution in [2.45, 2.75) is 24.9 Å². The number of fused-ring (bicyclic) bond motifs is 1. The van der Waals surface area contributed by atoms with Gasteiger partial charge < -0.3 is 14.8 Å². The fourth-order valence-electron chi connectivity index (χ4n) is 3.59. The normalized spacial score (nSPS) is 18.3. The van der Waals surface area contributed by atoms with Crippen molar-refractivity contribution in [1.29, 1.82) is 0 Å². The van der Waals surface area contributed by atoms with Crippen LogP contribution in [0.25, 0.3) is 11.3 Å². The minimum absolute atomic E-state index is 0.196.